The van der Waals surface area contributed by atoms with Crippen LogP contribution in [0.1, 0.15) is 51.5 Å². The summed E-state index contributed by atoms with van der Waals surface area (Å²) >= 11 is 5.75. The van der Waals surface area contributed by atoms with E-state index in [1.54, 1.807) is 24.4 Å². The lowest BCUT2D eigenvalue weighted by molar-refractivity contribution is -0.116. The average molecular weight is 558 g/mol. The maximum atomic E-state index is 13.3. The van der Waals surface area contributed by atoms with Crippen LogP contribution < -0.4 is 10.6 Å². The molecule has 0 aliphatic carbocycles. The summed E-state index contributed by atoms with van der Waals surface area (Å²) in [6.45, 7) is 4.30. The van der Waals surface area contributed by atoms with Crippen LogP contribution in [-0.2, 0) is 4.79 Å². The number of rotatable bonds is 8. The number of aryl methyl sites for hydroxylation is 1. The summed E-state index contributed by atoms with van der Waals surface area (Å²) in [5.74, 6) is -1.58. The first kappa shape index (κ1) is 27.0. The van der Waals surface area contributed by atoms with Crippen molar-refractivity contribution in [3.8, 4) is 5.69 Å². The molecule has 0 saturated carbocycles. The van der Waals surface area contributed by atoms with Gasteiger partial charge in [-0.25, -0.2) is 9.18 Å². The Morgan fingerprint density at radius 1 is 1.07 bits per heavy atom. The lowest BCUT2D eigenvalue weighted by Gasteiger charge is -2.28. The lowest BCUT2D eigenvalue weighted by atomic mass is 9.96. The molecule has 2 aromatic carbocycles. The zero-order valence-corrected chi connectivity index (χ0v) is 22.8. The largest absolute Gasteiger partial charge is 0.478 e. The van der Waals surface area contributed by atoms with Gasteiger partial charge in [-0.2, -0.15) is 0 Å². The van der Waals surface area contributed by atoms with Crippen molar-refractivity contribution in [3.05, 3.63) is 113 Å². The van der Waals surface area contributed by atoms with Crippen LogP contribution in [0.5, 0.6) is 0 Å². The number of carboxylic acid groups (broad SMARTS) is 1. The summed E-state index contributed by atoms with van der Waals surface area (Å²) in [5.41, 5.74) is 5.12. The summed E-state index contributed by atoms with van der Waals surface area (Å²) in [7, 11) is 0. The van der Waals surface area contributed by atoms with Crippen LogP contribution in [0.3, 0.4) is 0 Å². The van der Waals surface area contributed by atoms with E-state index >= 15 is 0 Å². The van der Waals surface area contributed by atoms with Gasteiger partial charge in [-0.05, 0) is 92.3 Å². The molecule has 1 fully saturated rings. The van der Waals surface area contributed by atoms with Crippen LogP contribution in [0.2, 0.25) is 0 Å². The fraction of sp³-hybridized carbons (Fsp3) is 0.200. The van der Waals surface area contributed by atoms with Gasteiger partial charge in [0.05, 0.1) is 23.3 Å². The topological polar surface area (TPSA) is 99.5 Å². The zero-order chi connectivity index (χ0) is 28.4. The third kappa shape index (κ3) is 5.43. The van der Waals surface area contributed by atoms with Crippen LogP contribution in [0.4, 0.5) is 10.1 Å². The summed E-state index contributed by atoms with van der Waals surface area (Å²) in [4.78, 5) is 31.0. The number of nitrogens with one attached hydrogen (secondary N) is 2. The Balaban J connectivity index is 1.48. The van der Waals surface area contributed by atoms with Crippen molar-refractivity contribution in [2.75, 3.05) is 11.9 Å². The van der Waals surface area contributed by atoms with Crippen LogP contribution in [0.15, 0.2) is 79.0 Å². The number of thiocarbonyl (C=S) groups is 1. The first-order valence-electron chi connectivity index (χ1n) is 12.8. The Hall–Kier alpha value is -4.57. The van der Waals surface area contributed by atoms with E-state index < -0.39 is 5.97 Å². The Morgan fingerprint density at radius 2 is 1.85 bits per heavy atom. The van der Waals surface area contributed by atoms with Gasteiger partial charge in [-0.1, -0.05) is 12.1 Å². The van der Waals surface area contributed by atoms with Crippen molar-refractivity contribution in [1.82, 2.24) is 19.8 Å². The van der Waals surface area contributed by atoms with E-state index in [4.69, 9.17) is 12.2 Å². The second kappa shape index (κ2) is 11.3. The number of carbonyl (C=O) groups is 2. The molecule has 40 heavy (non-hydrogen) atoms. The summed E-state index contributed by atoms with van der Waals surface area (Å²) in [5, 5.41) is 16.2. The Bertz CT molecular complexity index is 1570. The Labute approximate surface area is 236 Å². The fourth-order valence-corrected chi connectivity index (χ4v) is 5.56. The highest BCUT2D eigenvalue weighted by Gasteiger charge is 2.41. The number of pyridine rings is 1. The van der Waals surface area contributed by atoms with E-state index in [1.165, 1.54) is 24.3 Å². The predicted octanol–water partition coefficient (Wildman–Crippen LogP) is 5.33. The average Bonchev–Trinajstić information content (AvgIpc) is 3.43. The molecular formula is C30H28FN5O3S. The van der Waals surface area contributed by atoms with Crippen molar-refractivity contribution in [1.29, 1.82) is 0 Å². The van der Waals surface area contributed by atoms with Gasteiger partial charge in [-0.3, -0.25) is 9.78 Å². The molecule has 3 N–H and O–H groups in total. The van der Waals surface area contributed by atoms with Crippen LogP contribution in [0.25, 0.3) is 5.69 Å². The third-order valence-electron chi connectivity index (χ3n) is 7.05. The van der Waals surface area contributed by atoms with Crippen molar-refractivity contribution in [3.63, 3.8) is 0 Å². The monoisotopic (exact) mass is 557 g/mol. The second-order valence-electron chi connectivity index (χ2n) is 9.64. The number of hydrogen-bond acceptors (Lipinski definition) is 4. The third-order valence-corrected chi connectivity index (χ3v) is 7.40. The number of nitrogens with zero attached hydrogens (tertiary/aromatic N) is 3. The van der Waals surface area contributed by atoms with Crippen molar-refractivity contribution >= 4 is 34.9 Å². The van der Waals surface area contributed by atoms with Crippen LogP contribution in [-0.4, -0.2) is 43.1 Å². The zero-order valence-electron chi connectivity index (χ0n) is 22.0. The van der Waals surface area contributed by atoms with Gasteiger partial charge < -0.3 is 25.2 Å². The number of carbonyl (C=O) groups excluding carboxylic acids is 1. The molecule has 0 radical (unpaired) electrons. The highest BCUT2D eigenvalue weighted by Crippen LogP contribution is 2.41. The molecule has 5 rings (SSSR count). The number of halogens is 1. The number of aromatic nitrogens is 2. The Kier molecular flexibility index (Phi) is 7.61. The molecule has 4 aromatic rings. The summed E-state index contributed by atoms with van der Waals surface area (Å²) < 4.78 is 15.3. The molecule has 204 valence electrons. The highest BCUT2D eigenvalue weighted by atomic mass is 32.1. The molecule has 1 aliphatic heterocycles. The molecule has 3 heterocycles. The number of benzene rings is 2. The van der Waals surface area contributed by atoms with Gasteiger partial charge in [0.1, 0.15) is 5.82 Å². The minimum Gasteiger partial charge on any atom is -0.478 e. The minimum absolute atomic E-state index is 0.157. The fourth-order valence-electron chi connectivity index (χ4n) is 5.23. The molecule has 2 aromatic heterocycles. The van der Waals surface area contributed by atoms with E-state index in [2.05, 4.69) is 21.7 Å². The molecule has 8 nitrogen and oxygen atoms in total. The van der Waals surface area contributed by atoms with Crippen molar-refractivity contribution in [2.45, 2.75) is 32.4 Å². The van der Waals surface area contributed by atoms with E-state index in [9.17, 15) is 19.1 Å². The number of amides is 1. The number of carboxylic acids is 1. The van der Waals surface area contributed by atoms with Crippen LogP contribution in [0, 0.1) is 19.7 Å². The second-order valence-corrected chi connectivity index (χ2v) is 10.0. The van der Waals surface area contributed by atoms with Gasteiger partial charge in [0, 0.05) is 41.9 Å². The summed E-state index contributed by atoms with van der Waals surface area (Å²) in [6.07, 6.45) is 1.89. The van der Waals surface area contributed by atoms with Crippen LogP contribution >= 0.6 is 12.2 Å². The van der Waals surface area contributed by atoms with Gasteiger partial charge in [0.2, 0.25) is 5.91 Å². The molecule has 0 spiro atoms. The molecule has 1 amide bonds. The maximum absolute atomic E-state index is 13.3. The van der Waals surface area contributed by atoms with E-state index in [-0.39, 0.29) is 35.8 Å². The normalized spacial score (nSPS) is 16.6. The van der Waals surface area contributed by atoms with E-state index in [0.29, 0.717) is 17.3 Å². The molecule has 10 heteroatoms. The molecule has 1 saturated heterocycles. The first-order valence-corrected chi connectivity index (χ1v) is 13.2. The maximum Gasteiger partial charge on any atom is 0.335 e. The highest BCUT2D eigenvalue weighted by molar-refractivity contribution is 7.80. The SMILES string of the molecule is Cc1cc([C@@H]2[C@@H](c3ccccn3)NC(=S)N2CCC(=O)Nc2ccc(F)cc2)c(C)n1-c1cccc(C(=O)O)c1. The minimum atomic E-state index is -0.991. The van der Waals surface area contributed by atoms with E-state index in [1.807, 2.05) is 47.6 Å². The van der Waals surface area contributed by atoms with E-state index in [0.717, 1.165) is 28.3 Å². The van der Waals surface area contributed by atoms with Crippen molar-refractivity contribution in [2.24, 2.45) is 0 Å². The standard InChI is InChI=1S/C30H28FN5O3S/c1-18-16-24(19(2)36(18)23-7-5-6-20(17-23)29(38)39)28-27(25-8-3-4-14-32-25)34-30(40)35(28)15-13-26(37)33-22-11-9-21(31)10-12-22/h3-12,14,16-17,27-28H,13,15H2,1-2H3,(H,33,37)(H,34,40)(H,38,39)/t27-,28-/m1/s1. The molecule has 0 unspecified atom stereocenters. The van der Waals surface area contributed by atoms with Gasteiger partial charge in [0.15, 0.2) is 5.11 Å². The Morgan fingerprint density at radius 3 is 2.55 bits per heavy atom. The molecule has 2 atom stereocenters. The molecule has 1 aliphatic rings. The number of anilines is 1. The predicted molar refractivity (Wildman–Crippen MR) is 154 cm³/mol. The van der Waals surface area contributed by atoms with Crippen molar-refractivity contribution < 1.29 is 19.1 Å². The van der Waals surface area contributed by atoms with Gasteiger partial charge >= 0.3 is 5.97 Å². The quantitative estimate of drug-likeness (QED) is 0.252. The first-order chi connectivity index (χ1) is 19.2. The van der Waals surface area contributed by atoms with Gasteiger partial charge in [-0.15, -0.1) is 0 Å². The smallest absolute Gasteiger partial charge is 0.335 e. The molecule has 0 bridgehead atoms. The van der Waals surface area contributed by atoms with Gasteiger partial charge in [0.25, 0.3) is 0 Å². The number of aromatic carboxylic acids is 1. The molecular weight excluding hydrogens is 529 g/mol. The summed E-state index contributed by atoms with van der Waals surface area (Å²) in [6, 6.07) is 19.7. The lowest BCUT2D eigenvalue weighted by Crippen LogP contribution is -2.32. The number of hydrogen-bond donors (Lipinski definition) is 3.